The van der Waals surface area contributed by atoms with Gasteiger partial charge in [-0.05, 0) is 60.5 Å². The number of ketones is 1. The first-order chi connectivity index (χ1) is 14.9. The third-order valence-corrected chi connectivity index (χ3v) is 5.20. The van der Waals surface area contributed by atoms with E-state index < -0.39 is 23.5 Å². The zero-order valence-electron chi connectivity index (χ0n) is 16.9. The molecule has 31 heavy (non-hydrogen) atoms. The number of carbonyl (C=O) groups excluding carboxylic acids is 2. The van der Waals surface area contributed by atoms with Gasteiger partial charge in [0.1, 0.15) is 17.3 Å². The van der Waals surface area contributed by atoms with E-state index in [0.717, 1.165) is 5.56 Å². The van der Waals surface area contributed by atoms with Gasteiger partial charge in [0.25, 0.3) is 11.7 Å². The number of amides is 1. The van der Waals surface area contributed by atoms with Crippen molar-refractivity contribution in [2.75, 3.05) is 12.0 Å². The minimum Gasteiger partial charge on any atom is -0.507 e. The Bertz CT molecular complexity index is 1210. The van der Waals surface area contributed by atoms with E-state index in [1.54, 1.807) is 43.5 Å². The van der Waals surface area contributed by atoms with Crippen LogP contribution in [-0.4, -0.2) is 28.9 Å². The Morgan fingerprint density at radius 1 is 1.13 bits per heavy atom. The molecule has 1 saturated heterocycles. The van der Waals surface area contributed by atoms with E-state index in [1.165, 1.54) is 42.5 Å². The average Bonchev–Trinajstić information content (AvgIpc) is 3.04. The highest BCUT2D eigenvalue weighted by molar-refractivity contribution is 6.51. The van der Waals surface area contributed by atoms with E-state index in [0.29, 0.717) is 16.9 Å². The zero-order valence-corrected chi connectivity index (χ0v) is 16.9. The fourth-order valence-corrected chi connectivity index (χ4v) is 3.76. The lowest BCUT2D eigenvalue weighted by Gasteiger charge is -2.25. The van der Waals surface area contributed by atoms with E-state index in [2.05, 4.69) is 4.98 Å². The maximum absolute atomic E-state index is 13.9. The van der Waals surface area contributed by atoms with Gasteiger partial charge in [-0.25, -0.2) is 4.39 Å². The van der Waals surface area contributed by atoms with Gasteiger partial charge in [0.2, 0.25) is 0 Å². The van der Waals surface area contributed by atoms with Gasteiger partial charge in [0.15, 0.2) is 0 Å². The van der Waals surface area contributed by atoms with Crippen LogP contribution < -0.4 is 9.64 Å². The summed E-state index contributed by atoms with van der Waals surface area (Å²) >= 11 is 0. The van der Waals surface area contributed by atoms with E-state index >= 15 is 0 Å². The van der Waals surface area contributed by atoms with Gasteiger partial charge in [-0.1, -0.05) is 12.1 Å². The van der Waals surface area contributed by atoms with Gasteiger partial charge in [0.05, 0.1) is 18.7 Å². The summed E-state index contributed by atoms with van der Waals surface area (Å²) in [6.07, 6.45) is 3.07. The maximum atomic E-state index is 13.9. The maximum Gasteiger partial charge on any atom is 0.300 e. The average molecular weight is 418 g/mol. The van der Waals surface area contributed by atoms with Gasteiger partial charge in [-0.15, -0.1) is 0 Å². The number of rotatable bonds is 4. The molecule has 2 heterocycles. The van der Waals surface area contributed by atoms with Crippen LogP contribution in [0.25, 0.3) is 5.76 Å². The molecule has 0 radical (unpaired) electrons. The molecule has 156 valence electrons. The number of nitrogens with zero attached hydrogens (tertiary/aromatic N) is 2. The number of hydrogen-bond acceptors (Lipinski definition) is 5. The van der Waals surface area contributed by atoms with Crippen molar-refractivity contribution in [2.45, 2.75) is 13.0 Å². The second kappa shape index (κ2) is 8.02. The van der Waals surface area contributed by atoms with Crippen molar-refractivity contribution in [1.82, 2.24) is 4.98 Å². The Balaban J connectivity index is 1.93. The number of ether oxygens (including phenoxy) is 1. The Hall–Kier alpha value is -4.00. The first-order valence-electron chi connectivity index (χ1n) is 9.54. The van der Waals surface area contributed by atoms with Crippen molar-refractivity contribution in [3.8, 4) is 5.75 Å². The van der Waals surface area contributed by atoms with Crippen molar-refractivity contribution < 1.29 is 23.8 Å². The number of pyridine rings is 1. The smallest absolute Gasteiger partial charge is 0.300 e. The fourth-order valence-electron chi connectivity index (χ4n) is 3.76. The number of anilines is 1. The van der Waals surface area contributed by atoms with Crippen molar-refractivity contribution in [3.63, 3.8) is 0 Å². The number of benzene rings is 2. The summed E-state index contributed by atoms with van der Waals surface area (Å²) in [4.78, 5) is 31.3. The highest BCUT2D eigenvalue weighted by Crippen LogP contribution is 2.42. The largest absolute Gasteiger partial charge is 0.507 e. The molecule has 1 atom stereocenters. The number of aliphatic hydroxyl groups is 1. The van der Waals surface area contributed by atoms with Crippen LogP contribution >= 0.6 is 0 Å². The van der Waals surface area contributed by atoms with Gasteiger partial charge in [-0.2, -0.15) is 0 Å². The molecule has 1 amide bonds. The van der Waals surface area contributed by atoms with Crippen LogP contribution in [0.4, 0.5) is 10.1 Å². The molecule has 1 N–H and O–H groups in total. The minimum absolute atomic E-state index is 0.0909. The molecule has 2 aromatic carbocycles. The number of aryl methyl sites for hydroxylation is 1. The molecular formula is C24H19FN2O4. The molecule has 4 rings (SSSR count). The molecule has 1 unspecified atom stereocenters. The SMILES string of the molecule is COc1ccc(/C(O)=C2\C(=O)C(=O)N(c3cccc(F)c3)C2c2cccnc2)cc1C. The second-order valence-electron chi connectivity index (χ2n) is 7.12. The highest BCUT2D eigenvalue weighted by Gasteiger charge is 2.47. The van der Waals surface area contributed by atoms with Gasteiger partial charge < -0.3 is 9.84 Å². The number of halogens is 1. The molecule has 1 fully saturated rings. The number of methoxy groups -OCH3 is 1. The van der Waals surface area contributed by atoms with Crippen LogP contribution in [0.2, 0.25) is 0 Å². The molecule has 1 aliphatic rings. The molecule has 0 saturated carbocycles. The fraction of sp³-hybridized carbons (Fsp3) is 0.125. The molecule has 0 spiro atoms. The molecular weight excluding hydrogens is 399 g/mol. The normalized spacial score (nSPS) is 17.8. The first kappa shape index (κ1) is 20.3. The summed E-state index contributed by atoms with van der Waals surface area (Å²) in [5.41, 5.74) is 1.75. The Morgan fingerprint density at radius 3 is 2.58 bits per heavy atom. The highest BCUT2D eigenvalue weighted by atomic mass is 19.1. The Kier molecular flexibility index (Phi) is 5.25. The van der Waals surface area contributed by atoms with E-state index in [9.17, 15) is 19.1 Å². The summed E-state index contributed by atoms with van der Waals surface area (Å²) in [5.74, 6) is -1.96. The molecule has 0 aliphatic carbocycles. The van der Waals surface area contributed by atoms with Gasteiger partial charge in [0, 0.05) is 23.6 Å². The standard InChI is InChI=1S/C24H19FN2O4/c1-14-11-15(8-9-19(14)31-2)22(28)20-21(16-5-4-10-26-13-16)27(24(30)23(20)29)18-7-3-6-17(25)12-18/h3-13,21,28H,1-2H3/b22-20+. The Morgan fingerprint density at radius 2 is 1.94 bits per heavy atom. The summed E-state index contributed by atoms with van der Waals surface area (Å²) in [5, 5.41) is 11.1. The van der Waals surface area contributed by atoms with Crippen molar-refractivity contribution >= 4 is 23.1 Å². The minimum atomic E-state index is -0.960. The topological polar surface area (TPSA) is 79.7 Å². The second-order valence-corrected chi connectivity index (χ2v) is 7.12. The summed E-state index contributed by atoms with van der Waals surface area (Å²) in [6, 6.07) is 12.8. The lowest BCUT2D eigenvalue weighted by molar-refractivity contribution is -0.132. The molecule has 0 bridgehead atoms. The third-order valence-electron chi connectivity index (χ3n) is 5.20. The number of Topliss-reactive ketones (excluding diaryl/α,β-unsaturated/α-hetero) is 1. The van der Waals surface area contributed by atoms with E-state index in [-0.39, 0.29) is 17.0 Å². The third kappa shape index (κ3) is 3.54. The number of aromatic nitrogens is 1. The van der Waals surface area contributed by atoms with Crippen LogP contribution in [0.15, 0.2) is 72.6 Å². The van der Waals surface area contributed by atoms with Crippen LogP contribution in [0.3, 0.4) is 0 Å². The number of hydrogen-bond donors (Lipinski definition) is 1. The monoisotopic (exact) mass is 418 g/mol. The Labute approximate surface area is 178 Å². The van der Waals surface area contributed by atoms with Gasteiger partial charge in [-0.3, -0.25) is 19.5 Å². The molecule has 6 nitrogen and oxygen atoms in total. The molecule has 3 aromatic rings. The van der Waals surface area contributed by atoms with Crippen molar-refractivity contribution in [1.29, 1.82) is 0 Å². The lowest BCUT2D eigenvalue weighted by atomic mass is 9.95. The van der Waals surface area contributed by atoms with Crippen molar-refractivity contribution in [3.05, 3.63) is 95.1 Å². The van der Waals surface area contributed by atoms with Crippen molar-refractivity contribution in [2.24, 2.45) is 0 Å². The van der Waals surface area contributed by atoms with Crippen LogP contribution in [-0.2, 0) is 9.59 Å². The van der Waals surface area contributed by atoms with E-state index in [4.69, 9.17) is 4.74 Å². The zero-order chi connectivity index (χ0) is 22.1. The van der Waals surface area contributed by atoms with Crippen LogP contribution in [0.1, 0.15) is 22.7 Å². The quantitative estimate of drug-likeness (QED) is 0.391. The van der Waals surface area contributed by atoms with E-state index in [1.807, 2.05) is 0 Å². The molecule has 1 aromatic heterocycles. The summed E-state index contributed by atoms with van der Waals surface area (Å²) < 4.78 is 19.2. The first-order valence-corrected chi connectivity index (χ1v) is 9.54. The predicted molar refractivity (Wildman–Crippen MR) is 113 cm³/mol. The van der Waals surface area contributed by atoms with Crippen LogP contribution in [0, 0.1) is 12.7 Å². The van der Waals surface area contributed by atoms with Gasteiger partial charge >= 0.3 is 0 Å². The lowest BCUT2D eigenvalue weighted by Crippen LogP contribution is -2.29. The predicted octanol–water partition coefficient (Wildman–Crippen LogP) is 4.16. The molecule has 1 aliphatic heterocycles. The molecule has 7 heteroatoms. The van der Waals surface area contributed by atoms with Crippen LogP contribution in [0.5, 0.6) is 5.75 Å². The summed E-state index contributed by atoms with van der Waals surface area (Å²) in [7, 11) is 1.54. The number of aliphatic hydroxyl groups excluding tert-OH is 1. The number of carbonyl (C=O) groups is 2. The summed E-state index contributed by atoms with van der Waals surface area (Å²) in [6.45, 7) is 1.81.